The predicted octanol–water partition coefficient (Wildman–Crippen LogP) is 2.44. The molecule has 0 N–H and O–H groups in total. The highest BCUT2D eigenvalue weighted by atomic mass is 16.7. The zero-order chi connectivity index (χ0) is 13.5. The molecule has 1 aromatic rings. The molecule has 0 heterocycles. The van der Waals surface area contributed by atoms with Crippen LogP contribution < -0.4 is 14.6 Å². The second-order valence-corrected chi connectivity index (χ2v) is 3.92. The molecule has 0 aromatic heterocycles. The maximum absolute atomic E-state index is 11.5. The molecule has 0 saturated carbocycles. The van der Waals surface area contributed by atoms with Crippen molar-refractivity contribution in [1.29, 1.82) is 0 Å². The fourth-order valence-corrected chi connectivity index (χ4v) is 1.16. The topological polar surface area (TPSA) is 50.8 Å². The van der Waals surface area contributed by atoms with Gasteiger partial charge in [0.15, 0.2) is 6.29 Å². The number of rotatable bonds is 6. The fraction of sp³-hybridized carbons (Fsp3) is 0.429. The molecule has 0 fully saturated rings. The van der Waals surface area contributed by atoms with Crippen LogP contribution in [-0.4, -0.2) is 13.4 Å². The lowest BCUT2D eigenvalue weighted by Gasteiger charge is -2.19. The normalized spacial score (nSPS) is 13.8. The molecule has 0 spiro atoms. The average Bonchev–Trinajstić information content (AvgIpc) is 2.39. The Balaban J connectivity index is 2.66. The van der Waals surface area contributed by atoms with E-state index >= 15 is 0 Å². The maximum Gasteiger partial charge on any atom is 0.196 e. The Kier molecular flexibility index (Phi) is 5.52. The van der Waals surface area contributed by atoms with E-state index in [0.29, 0.717) is 23.5 Å². The third kappa shape index (κ3) is 4.30. The van der Waals surface area contributed by atoms with Gasteiger partial charge in [0, 0.05) is 12.9 Å². The molecule has 0 aliphatic rings. The number of methoxy groups -OCH3 is 1. The van der Waals surface area contributed by atoms with Gasteiger partial charge in [-0.05, 0) is 44.5 Å². The first-order valence-electron chi connectivity index (χ1n) is 5.91. The van der Waals surface area contributed by atoms with Gasteiger partial charge in [-0.25, -0.2) is 0 Å². The highest BCUT2D eigenvalue weighted by Crippen LogP contribution is 2.20. The molecule has 0 amide bonds. The Hall–Kier alpha value is -1.68. The van der Waals surface area contributed by atoms with E-state index in [-0.39, 0.29) is 12.2 Å². The second kappa shape index (κ2) is 6.91. The molecule has 0 radical (unpaired) electrons. The lowest BCUT2D eigenvalue weighted by molar-refractivity contribution is -0.344. The summed E-state index contributed by atoms with van der Waals surface area (Å²) in [7, 11) is 1.57. The minimum absolute atomic E-state index is 0.295. The van der Waals surface area contributed by atoms with Gasteiger partial charge in [-0.2, -0.15) is 0 Å². The first-order chi connectivity index (χ1) is 8.56. The first kappa shape index (κ1) is 14.4. The fourth-order valence-electron chi connectivity index (χ4n) is 1.16. The van der Waals surface area contributed by atoms with E-state index in [1.165, 1.54) is 0 Å². The monoisotopic (exact) mass is 251 g/mol. The van der Waals surface area contributed by atoms with E-state index in [0.717, 1.165) is 0 Å². The molecule has 1 aromatic carbocycles. The summed E-state index contributed by atoms with van der Waals surface area (Å²) in [5.74, 6) is 0.877. The average molecular weight is 251 g/mol. The third-order valence-electron chi connectivity index (χ3n) is 2.55. The van der Waals surface area contributed by atoms with Crippen LogP contribution in [0.2, 0.25) is 0 Å². The van der Waals surface area contributed by atoms with Crippen molar-refractivity contribution in [2.75, 3.05) is 7.11 Å². The van der Waals surface area contributed by atoms with Crippen molar-refractivity contribution in [3.63, 3.8) is 0 Å². The number of benzene rings is 1. The van der Waals surface area contributed by atoms with Crippen LogP contribution in [-0.2, 0) is 4.74 Å². The number of hydrogen-bond donors (Lipinski definition) is 0. The van der Waals surface area contributed by atoms with Crippen LogP contribution in [0.1, 0.15) is 27.2 Å². The van der Waals surface area contributed by atoms with Gasteiger partial charge < -0.3 is 19.3 Å². The summed E-state index contributed by atoms with van der Waals surface area (Å²) in [4.78, 5) is 0. The Morgan fingerprint density at radius 1 is 1.22 bits per heavy atom. The molecule has 4 nitrogen and oxygen atoms in total. The summed E-state index contributed by atoms with van der Waals surface area (Å²) in [5, 5.41) is 11.5. The molecule has 0 aliphatic heterocycles. The summed E-state index contributed by atoms with van der Waals surface area (Å²) in [6.07, 6.45) is 0.375. The first-order valence-corrected chi connectivity index (χ1v) is 5.91. The Morgan fingerprint density at radius 2 is 1.78 bits per heavy atom. The summed E-state index contributed by atoms with van der Waals surface area (Å²) in [5.41, 5.74) is 0.698. The van der Waals surface area contributed by atoms with Gasteiger partial charge in [0.2, 0.25) is 0 Å². The van der Waals surface area contributed by atoms with Crippen LogP contribution in [0.4, 0.5) is 0 Å². The van der Waals surface area contributed by atoms with E-state index < -0.39 is 0 Å². The van der Waals surface area contributed by atoms with Crippen LogP contribution in [0.25, 0.3) is 0 Å². The molecule has 0 bridgehead atoms. The second-order valence-electron chi connectivity index (χ2n) is 3.92. The lowest BCUT2D eigenvalue weighted by atomic mass is 10.2. The van der Waals surface area contributed by atoms with Crippen molar-refractivity contribution in [3.8, 4) is 11.5 Å². The van der Waals surface area contributed by atoms with E-state index in [2.05, 4.69) is 0 Å². The maximum atomic E-state index is 11.5. The van der Waals surface area contributed by atoms with Gasteiger partial charge in [0.25, 0.3) is 0 Å². The van der Waals surface area contributed by atoms with E-state index in [1.54, 1.807) is 45.2 Å². The largest absolute Gasteiger partial charge is 0.580 e. The summed E-state index contributed by atoms with van der Waals surface area (Å²) in [6, 6.07) is 6.86. The Labute approximate surface area is 108 Å². The lowest BCUT2D eigenvalue weighted by Crippen LogP contribution is -2.14. The third-order valence-corrected chi connectivity index (χ3v) is 2.55. The van der Waals surface area contributed by atoms with Crippen molar-refractivity contribution in [1.82, 2.24) is 0 Å². The van der Waals surface area contributed by atoms with E-state index in [9.17, 15) is 5.11 Å². The van der Waals surface area contributed by atoms with Crippen molar-refractivity contribution < 1.29 is 19.3 Å². The summed E-state index contributed by atoms with van der Waals surface area (Å²) in [6.45, 7) is 5.48. The quantitative estimate of drug-likeness (QED) is 0.575. The predicted molar refractivity (Wildman–Crippen MR) is 67.2 cm³/mol. The van der Waals surface area contributed by atoms with Crippen LogP contribution in [0.15, 0.2) is 35.8 Å². The standard InChI is InChI=1S/C14H20O4/c1-5-10(2)14(15)18-13-8-6-12(7-9-13)17-11(3)16-4/h6-9,11,15H,5H2,1-4H3/p-1. The molecule has 18 heavy (non-hydrogen) atoms. The van der Waals surface area contributed by atoms with Crippen LogP contribution >= 0.6 is 0 Å². The number of allylic oxidation sites excluding steroid dienone is 1. The summed E-state index contributed by atoms with van der Waals surface area (Å²) < 4.78 is 15.6. The highest BCUT2D eigenvalue weighted by Gasteiger charge is 2.00. The van der Waals surface area contributed by atoms with Gasteiger partial charge in [0.05, 0.1) is 5.95 Å². The van der Waals surface area contributed by atoms with Gasteiger partial charge >= 0.3 is 0 Å². The SMILES string of the molecule is CCC(C)=C([O-])Oc1ccc(OC(C)OC)cc1. The number of ether oxygens (including phenoxy) is 3. The smallest absolute Gasteiger partial charge is 0.196 e. The zero-order valence-electron chi connectivity index (χ0n) is 11.2. The molecule has 0 saturated heterocycles. The minimum atomic E-state index is -0.311. The molecular formula is C14H19O4-. The van der Waals surface area contributed by atoms with E-state index in [4.69, 9.17) is 14.2 Å². The van der Waals surface area contributed by atoms with Gasteiger partial charge in [-0.1, -0.05) is 12.5 Å². The van der Waals surface area contributed by atoms with Crippen LogP contribution in [0, 0.1) is 0 Å². The van der Waals surface area contributed by atoms with Gasteiger partial charge in [-0.15, -0.1) is 0 Å². The van der Waals surface area contributed by atoms with Gasteiger partial charge in [0.1, 0.15) is 5.75 Å². The van der Waals surface area contributed by atoms with Gasteiger partial charge in [-0.3, -0.25) is 0 Å². The van der Waals surface area contributed by atoms with Crippen molar-refractivity contribution >= 4 is 0 Å². The van der Waals surface area contributed by atoms with Crippen molar-refractivity contribution in [3.05, 3.63) is 35.8 Å². The molecule has 1 rings (SSSR count). The van der Waals surface area contributed by atoms with Crippen LogP contribution in [0.3, 0.4) is 0 Å². The summed E-state index contributed by atoms with van der Waals surface area (Å²) >= 11 is 0. The Morgan fingerprint density at radius 3 is 2.28 bits per heavy atom. The molecular weight excluding hydrogens is 232 g/mol. The van der Waals surface area contributed by atoms with E-state index in [1.807, 2.05) is 6.92 Å². The molecule has 100 valence electrons. The molecule has 4 heteroatoms. The molecule has 0 aliphatic carbocycles. The zero-order valence-corrected chi connectivity index (χ0v) is 11.2. The van der Waals surface area contributed by atoms with Crippen molar-refractivity contribution in [2.24, 2.45) is 0 Å². The molecule has 1 atom stereocenters. The highest BCUT2D eigenvalue weighted by molar-refractivity contribution is 5.32. The van der Waals surface area contributed by atoms with Crippen molar-refractivity contribution in [2.45, 2.75) is 33.5 Å². The number of hydrogen-bond acceptors (Lipinski definition) is 4. The molecule has 1 unspecified atom stereocenters. The minimum Gasteiger partial charge on any atom is -0.580 e. The Bertz CT molecular complexity index is 395. The van der Waals surface area contributed by atoms with Crippen LogP contribution in [0.5, 0.6) is 11.5 Å².